The summed E-state index contributed by atoms with van der Waals surface area (Å²) < 4.78 is 7.42. The van der Waals surface area contributed by atoms with Gasteiger partial charge in [-0.25, -0.2) is 0 Å². The molecule has 40 heavy (non-hydrogen) atoms. The summed E-state index contributed by atoms with van der Waals surface area (Å²) in [7, 11) is 0. The third kappa shape index (κ3) is 9.06. The lowest BCUT2D eigenvalue weighted by Gasteiger charge is -2.35. The number of anilines is 1. The number of aliphatic hydroxyl groups is 1. The van der Waals surface area contributed by atoms with Crippen molar-refractivity contribution in [1.82, 2.24) is 9.97 Å². The van der Waals surface area contributed by atoms with E-state index in [1.165, 1.54) is 32.1 Å². The van der Waals surface area contributed by atoms with Crippen molar-refractivity contribution in [2.24, 2.45) is 16.3 Å². The third-order valence-corrected chi connectivity index (χ3v) is 8.98. The SMILES string of the molecule is C/C=C1\C(=NC(C)CC)C(Br)=Cc2nc(OCC(C)(CCCC)CCCCC)nc(N3CCC(CO)CC3)c21.S. The van der Waals surface area contributed by atoms with E-state index < -0.39 is 0 Å². The van der Waals surface area contributed by atoms with Crippen LogP contribution in [0.4, 0.5) is 5.82 Å². The van der Waals surface area contributed by atoms with Crippen molar-refractivity contribution in [2.45, 2.75) is 112 Å². The van der Waals surface area contributed by atoms with Gasteiger partial charge in [-0.1, -0.05) is 65.9 Å². The van der Waals surface area contributed by atoms with Crippen LogP contribution in [0.2, 0.25) is 0 Å². The molecule has 2 heterocycles. The lowest BCUT2D eigenvalue weighted by atomic mass is 9.81. The highest BCUT2D eigenvalue weighted by atomic mass is 79.9. The monoisotopic (exact) mass is 636 g/mol. The first-order valence-corrected chi connectivity index (χ1v) is 16.1. The van der Waals surface area contributed by atoms with E-state index in [4.69, 9.17) is 19.7 Å². The van der Waals surface area contributed by atoms with Gasteiger partial charge in [-0.05, 0) is 73.9 Å². The Balaban J connectivity index is 0.00000560. The minimum Gasteiger partial charge on any atom is -0.463 e. The summed E-state index contributed by atoms with van der Waals surface area (Å²) in [5.41, 5.74) is 4.06. The Kier molecular flexibility index (Phi) is 14.7. The van der Waals surface area contributed by atoms with Gasteiger partial charge in [-0.3, -0.25) is 4.99 Å². The summed E-state index contributed by atoms with van der Waals surface area (Å²) >= 11 is 3.81. The number of unbranched alkanes of at least 4 members (excludes halogenated alkanes) is 3. The number of hydrogen-bond donors (Lipinski definition) is 1. The summed E-state index contributed by atoms with van der Waals surface area (Å²) in [4.78, 5) is 17.5. The zero-order chi connectivity index (χ0) is 28.4. The van der Waals surface area contributed by atoms with Crippen molar-refractivity contribution in [3.63, 3.8) is 0 Å². The second-order valence-electron chi connectivity index (χ2n) is 11.8. The fourth-order valence-electron chi connectivity index (χ4n) is 5.50. The second kappa shape index (κ2) is 16.9. The average Bonchev–Trinajstić information content (AvgIpc) is 2.95. The highest BCUT2D eigenvalue weighted by molar-refractivity contribution is 9.12. The first-order valence-electron chi connectivity index (χ1n) is 15.3. The Morgan fingerprint density at radius 3 is 2.42 bits per heavy atom. The molecule has 2 atom stereocenters. The van der Waals surface area contributed by atoms with E-state index in [1.54, 1.807) is 0 Å². The van der Waals surface area contributed by atoms with Crippen LogP contribution in [0.5, 0.6) is 6.01 Å². The number of aromatic nitrogens is 2. The van der Waals surface area contributed by atoms with Crippen LogP contribution in [0.25, 0.3) is 11.6 Å². The summed E-state index contributed by atoms with van der Waals surface area (Å²) in [6.45, 7) is 15.9. The number of fused-ring (bicyclic) bond motifs is 1. The quantitative estimate of drug-likeness (QED) is 0.208. The van der Waals surface area contributed by atoms with Crippen molar-refractivity contribution < 1.29 is 9.84 Å². The number of nitrogens with zero attached hydrogens (tertiary/aromatic N) is 4. The summed E-state index contributed by atoms with van der Waals surface area (Å²) in [6.07, 6.45) is 15.5. The topological polar surface area (TPSA) is 70.8 Å². The zero-order valence-corrected chi connectivity index (χ0v) is 28.3. The standard InChI is InChI=1S/C32H51BrN4O2.H2S/c1-7-11-13-17-32(6,16-12-8-2)22-39-31-35-27-20-26(33)29(34-23(5)9-3)25(10-4)28(27)30(36-31)37-18-14-24(21-38)15-19-37;/h10,20,23-24,38H,7-9,11-19,21-22H2,1-6H3;1H2/b25-10-,34-29?;. The minimum absolute atomic E-state index is 0. The molecule has 1 aliphatic heterocycles. The van der Waals surface area contributed by atoms with Crippen LogP contribution in [0.1, 0.15) is 117 Å². The molecule has 0 amide bonds. The first kappa shape index (κ1) is 34.8. The number of ether oxygens (including phenoxy) is 1. The van der Waals surface area contributed by atoms with Crippen molar-refractivity contribution in [1.29, 1.82) is 0 Å². The van der Waals surface area contributed by atoms with Crippen LogP contribution in [0.3, 0.4) is 0 Å². The lowest BCUT2D eigenvalue weighted by molar-refractivity contribution is 0.125. The van der Waals surface area contributed by atoms with E-state index in [9.17, 15) is 5.11 Å². The predicted octanol–water partition coefficient (Wildman–Crippen LogP) is 8.35. The molecule has 1 saturated heterocycles. The van der Waals surface area contributed by atoms with Crippen LogP contribution in [-0.4, -0.2) is 53.1 Å². The zero-order valence-electron chi connectivity index (χ0n) is 25.7. The Labute approximate surface area is 258 Å². The largest absolute Gasteiger partial charge is 0.463 e. The van der Waals surface area contributed by atoms with Crippen molar-refractivity contribution in [3.05, 3.63) is 21.8 Å². The van der Waals surface area contributed by atoms with Crippen LogP contribution < -0.4 is 9.64 Å². The number of hydrogen-bond acceptors (Lipinski definition) is 6. The molecule has 0 aromatic carbocycles. The minimum atomic E-state index is 0. The van der Waals surface area contributed by atoms with E-state index >= 15 is 0 Å². The molecule has 226 valence electrons. The van der Waals surface area contributed by atoms with Crippen LogP contribution in [0, 0.1) is 11.3 Å². The number of rotatable bonds is 14. The van der Waals surface area contributed by atoms with E-state index in [2.05, 4.69) is 74.5 Å². The summed E-state index contributed by atoms with van der Waals surface area (Å²) in [5, 5.41) is 9.72. The fraction of sp³-hybridized carbons (Fsp3) is 0.719. The number of aliphatic hydroxyl groups excluding tert-OH is 1. The molecule has 6 nitrogen and oxygen atoms in total. The Morgan fingerprint density at radius 2 is 1.82 bits per heavy atom. The van der Waals surface area contributed by atoms with E-state index in [1.807, 2.05) is 0 Å². The first-order chi connectivity index (χ1) is 18.8. The maximum Gasteiger partial charge on any atom is 0.318 e. The molecule has 1 aromatic heterocycles. The summed E-state index contributed by atoms with van der Waals surface area (Å²) in [5.74, 6) is 1.28. The molecule has 1 N–H and O–H groups in total. The summed E-state index contributed by atoms with van der Waals surface area (Å²) in [6, 6.07) is 0.679. The maximum atomic E-state index is 9.72. The number of halogens is 1. The molecular weight excluding hydrogens is 584 g/mol. The van der Waals surface area contributed by atoms with Gasteiger partial charge in [-0.2, -0.15) is 23.5 Å². The molecule has 1 aliphatic carbocycles. The van der Waals surface area contributed by atoms with Gasteiger partial charge >= 0.3 is 6.01 Å². The Hall–Kier alpha value is -1.38. The van der Waals surface area contributed by atoms with E-state index in [0.717, 1.165) is 78.0 Å². The van der Waals surface area contributed by atoms with Gasteiger partial charge in [-0.15, -0.1) is 0 Å². The highest BCUT2D eigenvalue weighted by Crippen LogP contribution is 2.40. The molecule has 3 rings (SSSR count). The van der Waals surface area contributed by atoms with Gasteiger partial charge in [0.25, 0.3) is 0 Å². The van der Waals surface area contributed by atoms with Gasteiger partial charge in [0, 0.05) is 41.2 Å². The molecule has 0 spiro atoms. The van der Waals surface area contributed by atoms with Gasteiger partial charge in [0.05, 0.1) is 23.6 Å². The van der Waals surface area contributed by atoms with Gasteiger partial charge in [0.15, 0.2) is 0 Å². The van der Waals surface area contributed by atoms with Crippen LogP contribution in [0.15, 0.2) is 15.6 Å². The number of allylic oxidation sites excluding steroid dienone is 3. The molecule has 2 aliphatic rings. The molecule has 8 heteroatoms. The van der Waals surface area contributed by atoms with Gasteiger partial charge in [0.1, 0.15) is 5.82 Å². The molecule has 1 fully saturated rings. The Bertz CT molecular complexity index is 1040. The third-order valence-electron chi connectivity index (χ3n) is 8.38. The van der Waals surface area contributed by atoms with Gasteiger partial charge < -0.3 is 14.7 Å². The smallest absolute Gasteiger partial charge is 0.318 e. The van der Waals surface area contributed by atoms with E-state index in [-0.39, 0.29) is 31.6 Å². The average molecular weight is 638 g/mol. The molecule has 1 aromatic rings. The molecule has 0 radical (unpaired) electrons. The van der Waals surface area contributed by atoms with Crippen LogP contribution >= 0.6 is 29.4 Å². The van der Waals surface area contributed by atoms with Crippen LogP contribution in [-0.2, 0) is 0 Å². The van der Waals surface area contributed by atoms with Crippen molar-refractivity contribution in [2.75, 3.05) is 31.2 Å². The second-order valence-corrected chi connectivity index (χ2v) is 12.6. The highest BCUT2D eigenvalue weighted by Gasteiger charge is 2.32. The molecule has 0 bridgehead atoms. The van der Waals surface area contributed by atoms with E-state index in [0.29, 0.717) is 18.5 Å². The Morgan fingerprint density at radius 1 is 1.15 bits per heavy atom. The number of piperidine rings is 1. The van der Waals surface area contributed by atoms with Gasteiger partial charge in [0.2, 0.25) is 0 Å². The lowest BCUT2D eigenvalue weighted by Crippen LogP contribution is -2.36. The fourth-order valence-corrected chi connectivity index (χ4v) is 6.03. The predicted molar refractivity (Wildman–Crippen MR) is 179 cm³/mol. The van der Waals surface area contributed by atoms with Crippen molar-refractivity contribution >= 4 is 52.6 Å². The maximum absolute atomic E-state index is 9.72. The molecule has 0 saturated carbocycles. The molecule has 2 unspecified atom stereocenters. The number of aliphatic imine (C=N–C) groups is 1. The normalized spacial score (nSPS) is 20.1. The van der Waals surface area contributed by atoms with Crippen molar-refractivity contribution in [3.8, 4) is 6.01 Å². The molecular formula is C32H53BrN4O2S.